The molecule has 0 fully saturated rings. The summed E-state index contributed by atoms with van der Waals surface area (Å²) in [5, 5.41) is 0. The molecule has 0 bridgehead atoms. The molecule has 1 aromatic heterocycles. The zero-order valence-electron chi connectivity index (χ0n) is 11.2. The maximum atomic E-state index is 11.8. The number of rotatable bonds is 5. The van der Waals surface area contributed by atoms with Gasteiger partial charge in [0.2, 0.25) is 0 Å². The predicted molar refractivity (Wildman–Crippen MR) is 66.8 cm³/mol. The molecule has 0 unspecified atom stereocenters. The molecule has 1 aromatic rings. The Hall–Kier alpha value is -1.78. The normalized spacial score (nSPS) is 10.5. The lowest BCUT2D eigenvalue weighted by Crippen LogP contribution is -2.13. The zero-order valence-corrected chi connectivity index (χ0v) is 11.2. The molecule has 0 aliphatic rings. The fourth-order valence-corrected chi connectivity index (χ4v) is 1.52. The number of esters is 2. The van der Waals surface area contributed by atoms with Crippen LogP contribution in [0.15, 0.2) is 6.07 Å². The van der Waals surface area contributed by atoms with E-state index < -0.39 is 11.9 Å². The van der Waals surface area contributed by atoms with E-state index in [0.717, 1.165) is 5.69 Å². The minimum absolute atomic E-state index is 0.166. The van der Waals surface area contributed by atoms with Gasteiger partial charge in [-0.1, -0.05) is 13.8 Å². The van der Waals surface area contributed by atoms with Gasteiger partial charge >= 0.3 is 11.9 Å². The van der Waals surface area contributed by atoms with E-state index in [1.165, 1.54) is 0 Å². The number of hydrogen-bond acceptors (Lipinski definition) is 4. The maximum absolute atomic E-state index is 11.8. The van der Waals surface area contributed by atoms with E-state index in [-0.39, 0.29) is 30.4 Å². The van der Waals surface area contributed by atoms with E-state index in [4.69, 9.17) is 9.47 Å². The van der Waals surface area contributed by atoms with Crippen molar-refractivity contribution in [3.63, 3.8) is 0 Å². The highest BCUT2D eigenvalue weighted by Crippen LogP contribution is 2.20. The summed E-state index contributed by atoms with van der Waals surface area (Å²) in [4.78, 5) is 26.4. The van der Waals surface area contributed by atoms with E-state index in [1.54, 1.807) is 19.9 Å². The van der Waals surface area contributed by atoms with Gasteiger partial charge in [-0.2, -0.15) is 0 Å². The summed E-state index contributed by atoms with van der Waals surface area (Å²) in [5.74, 6) is -0.863. The largest absolute Gasteiger partial charge is 0.462 e. The summed E-state index contributed by atoms with van der Waals surface area (Å²) < 4.78 is 9.84. The van der Waals surface area contributed by atoms with Gasteiger partial charge < -0.3 is 14.5 Å². The molecule has 5 nitrogen and oxygen atoms in total. The summed E-state index contributed by atoms with van der Waals surface area (Å²) in [5.41, 5.74) is 1.21. The van der Waals surface area contributed by atoms with E-state index in [1.807, 2.05) is 13.8 Å². The third kappa shape index (κ3) is 3.12. The average molecular weight is 253 g/mol. The Labute approximate surface area is 106 Å². The molecule has 0 aliphatic heterocycles. The third-order valence-corrected chi connectivity index (χ3v) is 2.44. The Morgan fingerprint density at radius 3 is 2.22 bits per heavy atom. The van der Waals surface area contributed by atoms with E-state index in [0.29, 0.717) is 0 Å². The van der Waals surface area contributed by atoms with Crippen LogP contribution in [0.4, 0.5) is 0 Å². The quantitative estimate of drug-likeness (QED) is 0.818. The molecule has 18 heavy (non-hydrogen) atoms. The van der Waals surface area contributed by atoms with Gasteiger partial charge in [0.25, 0.3) is 0 Å². The molecule has 5 heteroatoms. The van der Waals surface area contributed by atoms with Crippen molar-refractivity contribution < 1.29 is 19.1 Å². The summed E-state index contributed by atoms with van der Waals surface area (Å²) in [6, 6.07) is 1.65. The minimum atomic E-state index is -0.535. The lowest BCUT2D eigenvalue weighted by atomic mass is 10.1. The van der Waals surface area contributed by atoms with Gasteiger partial charge in [0.05, 0.1) is 18.8 Å². The predicted octanol–water partition coefficient (Wildman–Crippen LogP) is 2.49. The van der Waals surface area contributed by atoms with Crippen molar-refractivity contribution in [3.8, 4) is 0 Å². The van der Waals surface area contributed by atoms with Crippen molar-refractivity contribution in [2.75, 3.05) is 13.2 Å². The lowest BCUT2D eigenvalue weighted by molar-refractivity contribution is 0.0475. The fourth-order valence-electron chi connectivity index (χ4n) is 1.52. The zero-order chi connectivity index (χ0) is 13.7. The summed E-state index contributed by atoms with van der Waals surface area (Å²) in [7, 11) is 0. The SMILES string of the molecule is CCOC(=O)c1cc(C(C)C)[nH]c1C(=O)OCC. The Kier molecular flexibility index (Phi) is 4.95. The number of ether oxygens (including phenoxy) is 2. The molecule has 0 aromatic carbocycles. The van der Waals surface area contributed by atoms with Gasteiger partial charge in [0.15, 0.2) is 0 Å². The van der Waals surface area contributed by atoms with Crippen LogP contribution in [0.5, 0.6) is 0 Å². The van der Waals surface area contributed by atoms with Crippen molar-refractivity contribution in [1.82, 2.24) is 4.98 Å². The number of aromatic amines is 1. The smallest absolute Gasteiger partial charge is 0.355 e. The molecule has 1 N–H and O–H groups in total. The van der Waals surface area contributed by atoms with Gasteiger partial charge in [-0.3, -0.25) is 0 Å². The maximum Gasteiger partial charge on any atom is 0.355 e. The van der Waals surface area contributed by atoms with Gasteiger partial charge in [0.1, 0.15) is 5.69 Å². The van der Waals surface area contributed by atoms with E-state index in [2.05, 4.69) is 4.98 Å². The highest BCUT2D eigenvalue weighted by Gasteiger charge is 2.23. The molecule has 1 heterocycles. The summed E-state index contributed by atoms with van der Waals surface area (Å²) in [6.45, 7) is 7.90. The van der Waals surface area contributed by atoms with Crippen LogP contribution >= 0.6 is 0 Å². The van der Waals surface area contributed by atoms with Crippen LogP contribution in [0.1, 0.15) is 60.2 Å². The number of nitrogens with one attached hydrogen (secondary N) is 1. The summed E-state index contributed by atoms with van der Waals surface area (Å²) in [6.07, 6.45) is 0. The van der Waals surface area contributed by atoms with Crippen molar-refractivity contribution in [2.45, 2.75) is 33.6 Å². The average Bonchev–Trinajstić information content (AvgIpc) is 2.74. The minimum Gasteiger partial charge on any atom is -0.462 e. The number of hydrogen-bond donors (Lipinski definition) is 1. The van der Waals surface area contributed by atoms with Crippen molar-refractivity contribution in [2.24, 2.45) is 0 Å². The molecule has 0 spiro atoms. The second kappa shape index (κ2) is 6.23. The van der Waals surface area contributed by atoms with Crippen molar-refractivity contribution in [3.05, 3.63) is 23.0 Å². The first kappa shape index (κ1) is 14.3. The Morgan fingerprint density at radius 2 is 1.72 bits per heavy atom. The van der Waals surface area contributed by atoms with Crippen LogP contribution in [-0.4, -0.2) is 30.1 Å². The summed E-state index contributed by atoms with van der Waals surface area (Å²) >= 11 is 0. The first-order valence-electron chi connectivity index (χ1n) is 6.08. The molecule has 0 saturated carbocycles. The Bertz CT molecular complexity index is 399. The Balaban J connectivity index is 3.12. The van der Waals surface area contributed by atoms with Crippen LogP contribution in [-0.2, 0) is 9.47 Å². The second-order valence-electron chi connectivity index (χ2n) is 4.11. The fraction of sp³-hybridized carbons (Fsp3) is 0.538. The molecule has 0 amide bonds. The second-order valence-corrected chi connectivity index (χ2v) is 4.11. The van der Waals surface area contributed by atoms with Crippen LogP contribution < -0.4 is 0 Å². The molecule has 0 aliphatic carbocycles. The first-order valence-corrected chi connectivity index (χ1v) is 6.08. The van der Waals surface area contributed by atoms with E-state index in [9.17, 15) is 9.59 Å². The highest BCUT2D eigenvalue weighted by atomic mass is 16.5. The van der Waals surface area contributed by atoms with E-state index >= 15 is 0 Å². The van der Waals surface area contributed by atoms with Crippen LogP contribution in [0.2, 0.25) is 0 Å². The number of aromatic nitrogens is 1. The van der Waals surface area contributed by atoms with Crippen LogP contribution in [0.25, 0.3) is 0 Å². The number of H-pyrrole nitrogens is 1. The molecular weight excluding hydrogens is 234 g/mol. The van der Waals surface area contributed by atoms with Crippen LogP contribution in [0.3, 0.4) is 0 Å². The third-order valence-electron chi connectivity index (χ3n) is 2.44. The Morgan fingerprint density at radius 1 is 1.17 bits per heavy atom. The molecule has 100 valence electrons. The number of carbonyl (C=O) groups excluding carboxylic acids is 2. The molecule has 0 atom stereocenters. The molecule has 1 rings (SSSR count). The highest BCUT2D eigenvalue weighted by molar-refractivity contribution is 6.02. The van der Waals surface area contributed by atoms with Gasteiger partial charge in [0, 0.05) is 5.69 Å². The van der Waals surface area contributed by atoms with Crippen LogP contribution in [0, 0.1) is 0 Å². The van der Waals surface area contributed by atoms with Crippen molar-refractivity contribution >= 4 is 11.9 Å². The van der Waals surface area contributed by atoms with Gasteiger partial charge in [-0.25, -0.2) is 9.59 Å². The number of carbonyl (C=O) groups is 2. The van der Waals surface area contributed by atoms with Crippen molar-refractivity contribution in [1.29, 1.82) is 0 Å². The monoisotopic (exact) mass is 253 g/mol. The molecule has 0 radical (unpaired) electrons. The molecular formula is C13H19NO4. The molecule has 0 saturated heterocycles. The lowest BCUT2D eigenvalue weighted by Gasteiger charge is -2.03. The van der Waals surface area contributed by atoms with Gasteiger partial charge in [-0.15, -0.1) is 0 Å². The van der Waals surface area contributed by atoms with Gasteiger partial charge in [-0.05, 0) is 25.8 Å². The first-order chi connectivity index (χ1) is 8.51. The standard InChI is InChI=1S/C13H19NO4/c1-5-17-12(15)9-7-10(8(3)4)14-11(9)13(16)18-6-2/h7-8,14H,5-6H2,1-4H3. The topological polar surface area (TPSA) is 68.4 Å².